The lowest BCUT2D eigenvalue weighted by molar-refractivity contribution is 0.405. The fraction of sp³-hybridized carbons (Fsp3) is 0.312. The summed E-state index contributed by atoms with van der Waals surface area (Å²) in [6.07, 6.45) is 1.92. The molecular formula is C16H20N2OS. The molecule has 2 aromatic rings. The van der Waals surface area contributed by atoms with Crippen molar-refractivity contribution in [2.75, 3.05) is 13.7 Å². The van der Waals surface area contributed by atoms with E-state index in [1.165, 1.54) is 0 Å². The van der Waals surface area contributed by atoms with Crippen LogP contribution in [0.25, 0.3) is 0 Å². The van der Waals surface area contributed by atoms with E-state index in [4.69, 9.17) is 4.74 Å². The molecule has 1 unspecified atom stereocenters. The highest BCUT2D eigenvalue weighted by Crippen LogP contribution is 2.34. The first-order chi connectivity index (χ1) is 9.74. The van der Waals surface area contributed by atoms with Gasteiger partial charge in [0.1, 0.15) is 5.75 Å². The van der Waals surface area contributed by atoms with Gasteiger partial charge >= 0.3 is 0 Å². The average Bonchev–Trinajstić information content (AvgIpc) is 2.49. The predicted molar refractivity (Wildman–Crippen MR) is 83.4 cm³/mol. The van der Waals surface area contributed by atoms with Crippen molar-refractivity contribution in [3.05, 3.63) is 48.3 Å². The number of pyridine rings is 1. The monoisotopic (exact) mass is 288 g/mol. The minimum absolute atomic E-state index is 0.283. The molecule has 0 bridgehead atoms. The average molecular weight is 288 g/mol. The van der Waals surface area contributed by atoms with Crippen LogP contribution in [0.1, 0.15) is 25.6 Å². The number of benzene rings is 1. The molecule has 0 saturated heterocycles. The second-order valence-electron chi connectivity index (χ2n) is 4.45. The third-order valence-electron chi connectivity index (χ3n) is 3.01. The number of hydrogen-bond donors (Lipinski definition) is 1. The van der Waals surface area contributed by atoms with E-state index >= 15 is 0 Å². The summed E-state index contributed by atoms with van der Waals surface area (Å²) in [5.41, 5.74) is 1.07. The van der Waals surface area contributed by atoms with Gasteiger partial charge in [-0.05, 0) is 37.7 Å². The Bertz CT molecular complexity index is 542. The number of nitrogens with zero attached hydrogens (tertiary/aromatic N) is 1. The maximum absolute atomic E-state index is 5.36. The molecular weight excluding hydrogens is 268 g/mol. The minimum Gasteiger partial charge on any atom is -0.496 e. The number of rotatable bonds is 6. The third kappa shape index (κ3) is 3.74. The van der Waals surface area contributed by atoms with Gasteiger partial charge in [-0.1, -0.05) is 30.8 Å². The molecule has 0 fully saturated rings. The van der Waals surface area contributed by atoms with E-state index in [1.807, 2.05) is 24.4 Å². The molecule has 0 spiro atoms. The van der Waals surface area contributed by atoms with Crippen molar-refractivity contribution in [2.45, 2.75) is 29.7 Å². The Morgan fingerprint density at radius 2 is 2.05 bits per heavy atom. The van der Waals surface area contributed by atoms with Gasteiger partial charge in [0.05, 0.1) is 17.7 Å². The summed E-state index contributed by atoms with van der Waals surface area (Å²) in [7, 11) is 1.69. The lowest BCUT2D eigenvalue weighted by atomic mass is 10.2. The first-order valence-electron chi connectivity index (χ1n) is 6.74. The molecule has 1 aromatic carbocycles. The van der Waals surface area contributed by atoms with Crippen molar-refractivity contribution in [1.29, 1.82) is 0 Å². The number of para-hydroxylation sites is 1. The molecule has 1 heterocycles. The molecule has 0 saturated carbocycles. The van der Waals surface area contributed by atoms with E-state index < -0.39 is 0 Å². The van der Waals surface area contributed by atoms with Crippen molar-refractivity contribution in [2.24, 2.45) is 0 Å². The van der Waals surface area contributed by atoms with Gasteiger partial charge < -0.3 is 10.1 Å². The molecule has 2 rings (SSSR count). The summed E-state index contributed by atoms with van der Waals surface area (Å²) >= 11 is 1.66. The van der Waals surface area contributed by atoms with Crippen molar-refractivity contribution < 1.29 is 4.74 Å². The number of hydrogen-bond acceptors (Lipinski definition) is 4. The number of methoxy groups -OCH3 is 1. The van der Waals surface area contributed by atoms with Crippen LogP contribution >= 0.6 is 11.8 Å². The maximum atomic E-state index is 5.36. The Hall–Kier alpha value is -1.52. The number of nitrogens with one attached hydrogen (secondary N) is 1. The van der Waals surface area contributed by atoms with E-state index in [0.29, 0.717) is 0 Å². The molecule has 106 valence electrons. The predicted octanol–water partition coefficient (Wildman–Crippen LogP) is 3.91. The van der Waals surface area contributed by atoms with E-state index in [-0.39, 0.29) is 6.04 Å². The van der Waals surface area contributed by atoms with Crippen LogP contribution in [0.15, 0.2) is 52.4 Å². The van der Waals surface area contributed by atoms with Gasteiger partial charge in [0.2, 0.25) is 0 Å². The van der Waals surface area contributed by atoms with Crippen LogP contribution in [-0.2, 0) is 0 Å². The lowest BCUT2D eigenvalue weighted by Gasteiger charge is -2.12. The maximum Gasteiger partial charge on any atom is 0.132 e. The van der Waals surface area contributed by atoms with Crippen molar-refractivity contribution >= 4 is 11.8 Å². The van der Waals surface area contributed by atoms with Crippen LogP contribution in [0, 0.1) is 0 Å². The summed E-state index contributed by atoms with van der Waals surface area (Å²) in [6.45, 7) is 5.17. The van der Waals surface area contributed by atoms with Crippen LogP contribution in [0.2, 0.25) is 0 Å². The highest BCUT2D eigenvalue weighted by atomic mass is 32.2. The quantitative estimate of drug-likeness (QED) is 0.874. The molecule has 0 aliphatic carbocycles. The van der Waals surface area contributed by atoms with Crippen molar-refractivity contribution in [3.63, 3.8) is 0 Å². The van der Waals surface area contributed by atoms with E-state index in [0.717, 1.165) is 27.8 Å². The second kappa shape index (κ2) is 7.31. The Balaban J connectivity index is 2.11. The number of aromatic nitrogens is 1. The highest BCUT2D eigenvalue weighted by molar-refractivity contribution is 7.99. The van der Waals surface area contributed by atoms with Gasteiger partial charge in [-0.15, -0.1) is 0 Å². The molecule has 1 aromatic heterocycles. The molecule has 0 amide bonds. The Kier molecular flexibility index (Phi) is 5.44. The molecule has 0 aliphatic rings. The Labute approximate surface area is 124 Å². The highest BCUT2D eigenvalue weighted by Gasteiger charge is 2.07. The Morgan fingerprint density at radius 3 is 2.70 bits per heavy atom. The summed E-state index contributed by atoms with van der Waals surface area (Å²) in [5, 5.41) is 3.36. The fourth-order valence-corrected chi connectivity index (χ4v) is 2.84. The summed E-state index contributed by atoms with van der Waals surface area (Å²) in [5.74, 6) is 0.891. The molecule has 4 heteroatoms. The largest absolute Gasteiger partial charge is 0.496 e. The van der Waals surface area contributed by atoms with Gasteiger partial charge in [-0.25, -0.2) is 0 Å². The van der Waals surface area contributed by atoms with Gasteiger partial charge in [0.25, 0.3) is 0 Å². The van der Waals surface area contributed by atoms with Crippen LogP contribution < -0.4 is 10.1 Å². The zero-order valence-electron chi connectivity index (χ0n) is 12.1. The zero-order chi connectivity index (χ0) is 14.4. The van der Waals surface area contributed by atoms with Crippen LogP contribution in [-0.4, -0.2) is 18.6 Å². The molecule has 0 radical (unpaired) electrons. The second-order valence-corrected chi connectivity index (χ2v) is 5.57. The molecule has 1 N–H and O–H groups in total. The molecule has 0 aliphatic heterocycles. The van der Waals surface area contributed by atoms with Crippen LogP contribution in [0.4, 0.5) is 0 Å². The summed E-state index contributed by atoms with van der Waals surface area (Å²) < 4.78 is 5.36. The summed E-state index contributed by atoms with van der Waals surface area (Å²) in [6, 6.07) is 12.5. The summed E-state index contributed by atoms with van der Waals surface area (Å²) in [4.78, 5) is 6.74. The van der Waals surface area contributed by atoms with Gasteiger partial charge in [0, 0.05) is 17.1 Å². The van der Waals surface area contributed by atoms with E-state index in [9.17, 15) is 0 Å². The first kappa shape index (κ1) is 14.9. The minimum atomic E-state index is 0.283. The first-order valence-corrected chi connectivity index (χ1v) is 7.56. The Morgan fingerprint density at radius 1 is 1.25 bits per heavy atom. The fourth-order valence-electron chi connectivity index (χ4n) is 1.95. The lowest BCUT2D eigenvalue weighted by Crippen LogP contribution is -2.18. The number of ether oxygens (including phenoxy) is 1. The standard InChI is InChI=1S/C16H20N2OS/c1-4-17-12(2)14-10-9-13(11-18-14)20-16-8-6-5-7-15(16)19-3/h5-12,17H,4H2,1-3H3. The van der Waals surface area contributed by atoms with E-state index in [2.05, 4.69) is 42.3 Å². The smallest absolute Gasteiger partial charge is 0.132 e. The topological polar surface area (TPSA) is 34.1 Å². The van der Waals surface area contributed by atoms with Crippen LogP contribution in [0.5, 0.6) is 5.75 Å². The molecule has 3 nitrogen and oxygen atoms in total. The molecule has 20 heavy (non-hydrogen) atoms. The zero-order valence-corrected chi connectivity index (χ0v) is 12.9. The van der Waals surface area contributed by atoms with Gasteiger partial charge in [0.15, 0.2) is 0 Å². The van der Waals surface area contributed by atoms with Gasteiger partial charge in [-0.3, -0.25) is 4.98 Å². The SMILES string of the molecule is CCNC(C)c1ccc(Sc2ccccc2OC)cn1. The molecule has 1 atom stereocenters. The van der Waals surface area contributed by atoms with Gasteiger partial charge in [-0.2, -0.15) is 0 Å². The van der Waals surface area contributed by atoms with E-state index in [1.54, 1.807) is 18.9 Å². The van der Waals surface area contributed by atoms with Crippen molar-refractivity contribution in [1.82, 2.24) is 10.3 Å². The normalized spacial score (nSPS) is 12.2. The third-order valence-corrected chi connectivity index (χ3v) is 4.04. The van der Waals surface area contributed by atoms with Crippen LogP contribution in [0.3, 0.4) is 0 Å². The van der Waals surface area contributed by atoms with Crippen molar-refractivity contribution in [3.8, 4) is 5.75 Å².